The minimum Gasteiger partial charge on any atom is -0.481 e. The van der Waals surface area contributed by atoms with Gasteiger partial charge in [0.1, 0.15) is 10.8 Å². The van der Waals surface area contributed by atoms with Crippen molar-refractivity contribution in [1.82, 2.24) is 24.6 Å². The summed E-state index contributed by atoms with van der Waals surface area (Å²) >= 11 is 6.04. The van der Waals surface area contributed by atoms with Gasteiger partial charge in [-0.2, -0.15) is 5.10 Å². The zero-order chi connectivity index (χ0) is 24.0. The van der Waals surface area contributed by atoms with Gasteiger partial charge in [0, 0.05) is 37.8 Å². The number of hydrogen-bond acceptors (Lipinski definition) is 5. The summed E-state index contributed by atoms with van der Waals surface area (Å²) in [5.41, 5.74) is 1.77. The van der Waals surface area contributed by atoms with Gasteiger partial charge in [-0.25, -0.2) is 4.98 Å². The maximum absolute atomic E-state index is 13.4. The molecule has 0 N–H and O–H groups in total. The molecule has 0 atom stereocenters. The van der Waals surface area contributed by atoms with Gasteiger partial charge in [-0.05, 0) is 64.5 Å². The van der Waals surface area contributed by atoms with Crippen LogP contribution in [0.15, 0.2) is 18.2 Å². The predicted molar refractivity (Wildman–Crippen MR) is 126 cm³/mol. The van der Waals surface area contributed by atoms with E-state index in [-0.39, 0.29) is 27.9 Å². The Balaban J connectivity index is 1.42. The molecule has 0 unspecified atom stereocenters. The smallest absolute Gasteiger partial charge is 0.272 e. The summed E-state index contributed by atoms with van der Waals surface area (Å²) in [4.78, 5) is 34.3. The number of rotatable bonds is 3. The van der Waals surface area contributed by atoms with Crippen molar-refractivity contribution in [3.8, 4) is 5.88 Å². The molecule has 0 saturated carbocycles. The number of nitrogens with zero attached hydrogens (tertiary/aromatic N) is 5. The summed E-state index contributed by atoms with van der Waals surface area (Å²) in [7, 11) is 1.50. The predicted octanol–water partition coefficient (Wildman–Crippen LogP) is 3.77. The molecule has 4 rings (SSSR count). The summed E-state index contributed by atoms with van der Waals surface area (Å²) in [6.07, 6.45) is 2.70. The number of piperidine rings is 1. The fourth-order valence-corrected chi connectivity index (χ4v) is 5.11. The Kier molecular flexibility index (Phi) is 6.16. The third kappa shape index (κ3) is 4.71. The van der Waals surface area contributed by atoms with E-state index in [1.165, 1.54) is 7.11 Å². The van der Waals surface area contributed by atoms with Crippen LogP contribution in [0, 0.1) is 12.3 Å². The minimum atomic E-state index is -0.263. The fourth-order valence-electron chi connectivity index (χ4n) is 4.91. The molecule has 4 heterocycles. The highest BCUT2D eigenvalue weighted by atomic mass is 35.5. The van der Waals surface area contributed by atoms with Crippen LogP contribution in [0.5, 0.6) is 5.88 Å². The van der Waals surface area contributed by atoms with Gasteiger partial charge in [0.25, 0.3) is 11.8 Å². The molecule has 0 radical (unpaired) electrons. The Bertz CT molecular complexity index is 1070. The van der Waals surface area contributed by atoms with Crippen molar-refractivity contribution >= 4 is 23.4 Å². The Morgan fingerprint density at radius 2 is 1.67 bits per heavy atom. The van der Waals surface area contributed by atoms with Crippen molar-refractivity contribution in [3.05, 3.63) is 40.3 Å². The summed E-state index contributed by atoms with van der Waals surface area (Å²) in [6, 6.07) is 5.08. The number of halogens is 1. The lowest BCUT2D eigenvalue weighted by molar-refractivity contribution is 0.0561. The molecule has 0 bridgehead atoms. The van der Waals surface area contributed by atoms with Gasteiger partial charge in [0.05, 0.1) is 18.3 Å². The first-order valence-electron chi connectivity index (χ1n) is 11.4. The quantitative estimate of drug-likeness (QED) is 0.634. The van der Waals surface area contributed by atoms with Crippen molar-refractivity contribution < 1.29 is 14.3 Å². The third-order valence-corrected chi connectivity index (χ3v) is 6.94. The SMILES string of the molecule is COc1cc(C(=O)N2CCC3(CC2)CCN(C(=O)c2cc(C)nn2C(C)(C)C)C3)cc(Cl)n1. The summed E-state index contributed by atoms with van der Waals surface area (Å²) in [6.45, 7) is 10.8. The molecule has 0 aliphatic carbocycles. The lowest BCUT2D eigenvalue weighted by Gasteiger charge is -2.39. The van der Waals surface area contributed by atoms with Crippen LogP contribution >= 0.6 is 11.6 Å². The van der Waals surface area contributed by atoms with E-state index in [1.807, 2.05) is 27.5 Å². The van der Waals surface area contributed by atoms with E-state index in [2.05, 4.69) is 30.9 Å². The van der Waals surface area contributed by atoms with Gasteiger partial charge in [0.15, 0.2) is 0 Å². The highest BCUT2D eigenvalue weighted by Gasteiger charge is 2.43. The van der Waals surface area contributed by atoms with Gasteiger partial charge in [-0.1, -0.05) is 11.6 Å². The van der Waals surface area contributed by atoms with E-state index in [4.69, 9.17) is 16.3 Å². The second kappa shape index (κ2) is 8.63. The van der Waals surface area contributed by atoms with Crippen molar-refractivity contribution in [2.75, 3.05) is 33.3 Å². The van der Waals surface area contributed by atoms with Crippen LogP contribution in [0.1, 0.15) is 66.6 Å². The first-order chi connectivity index (χ1) is 15.5. The molecular weight excluding hydrogens is 442 g/mol. The number of ether oxygens (including phenoxy) is 1. The molecule has 8 nitrogen and oxygen atoms in total. The minimum absolute atomic E-state index is 0.0411. The summed E-state index contributed by atoms with van der Waals surface area (Å²) in [5, 5.41) is 4.79. The van der Waals surface area contributed by atoms with Crippen LogP contribution in [0.3, 0.4) is 0 Å². The van der Waals surface area contributed by atoms with Crippen molar-refractivity contribution in [2.24, 2.45) is 5.41 Å². The van der Waals surface area contributed by atoms with Crippen LogP contribution in [-0.2, 0) is 5.54 Å². The van der Waals surface area contributed by atoms with Crippen LogP contribution in [0.25, 0.3) is 0 Å². The van der Waals surface area contributed by atoms with E-state index in [0.717, 1.165) is 38.0 Å². The number of amides is 2. The highest BCUT2D eigenvalue weighted by Crippen LogP contribution is 2.41. The largest absolute Gasteiger partial charge is 0.481 e. The molecule has 0 aromatic carbocycles. The Labute approximate surface area is 199 Å². The van der Waals surface area contributed by atoms with E-state index < -0.39 is 0 Å². The topological polar surface area (TPSA) is 80.6 Å². The maximum atomic E-state index is 13.4. The number of carbonyl (C=O) groups excluding carboxylic acids is 2. The first-order valence-corrected chi connectivity index (χ1v) is 11.8. The molecule has 2 fully saturated rings. The third-order valence-electron chi connectivity index (χ3n) is 6.75. The van der Waals surface area contributed by atoms with Crippen molar-refractivity contribution in [1.29, 1.82) is 0 Å². The molecule has 9 heteroatoms. The number of hydrogen-bond donors (Lipinski definition) is 0. The molecule has 178 valence electrons. The summed E-state index contributed by atoms with van der Waals surface area (Å²) < 4.78 is 6.98. The molecule has 2 aromatic heterocycles. The van der Waals surface area contributed by atoms with Crippen molar-refractivity contribution in [3.63, 3.8) is 0 Å². The number of carbonyl (C=O) groups is 2. The number of methoxy groups -OCH3 is 1. The van der Waals surface area contributed by atoms with Gasteiger partial charge in [-0.3, -0.25) is 14.3 Å². The molecule has 2 saturated heterocycles. The average Bonchev–Trinajstić information content (AvgIpc) is 3.37. The second-order valence-corrected chi connectivity index (χ2v) is 10.6. The lowest BCUT2D eigenvalue weighted by Crippen LogP contribution is -2.45. The molecule has 2 aliphatic rings. The number of likely N-dealkylation sites (tertiary alicyclic amines) is 2. The normalized spacial score (nSPS) is 18.1. The number of aryl methyl sites for hydroxylation is 1. The van der Waals surface area contributed by atoms with Crippen LogP contribution in [0.4, 0.5) is 0 Å². The molecule has 1 spiro atoms. The Hall–Kier alpha value is -2.61. The summed E-state index contributed by atoms with van der Waals surface area (Å²) in [5.74, 6) is 0.302. The van der Waals surface area contributed by atoms with E-state index >= 15 is 0 Å². The zero-order valence-corrected chi connectivity index (χ0v) is 20.8. The molecule has 2 amide bonds. The van der Waals surface area contributed by atoms with E-state index in [0.29, 0.717) is 30.2 Å². The number of pyridine rings is 1. The fraction of sp³-hybridized carbons (Fsp3) is 0.583. The lowest BCUT2D eigenvalue weighted by atomic mass is 9.77. The standard InChI is InChI=1S/C24H32ClN5O3/c1-16-12-18(30(27-16)23(2,3)4)22(32)29-11-8-24(15-29)6-9-28(10-7-24)21(31)17-13-19(25)26-20(14-17)33-5/h12-14H,6-11,15H2,1-5H3. The molecule has 33 heavy (non-hydrogen) atoms. The van der Waals surface area contributed by atoms with Crippen LogP contribution < -0.4 is 4.74 Å². The van der Waals surface area contributed by atoms with E-state index in [1.54, 1.807) is 12.1 Å². The second-order valence-electron chi connectivity index (χ2n) is 10.2. The monoisotopic (exact) mass is 473 g/mol. The maximum Gasteiger partial charge on any atom is 0.272 e. The van der Waals surface area contributed by atoms with Gasteiger partial charge < -0.3 is 14.5 Å². The zero-order valence-electron chi connectivity index (χ0n) is 20.0. The highest BCUT2D eigenvalue weighted by molar-refractivity contribution is 6.29. The molecule has 2 aliphatic heterocycles. The van der Waals surface area contributed by atoms with Crippen LogP contribution in [0.2, 0.25) is 5.15 Å². The number of aromatic nitrogens is 3. The van der Waals surface area contributed by atoms with Gasteiger partial charge in [-0.15, -0.1) is 0 Å². The molecule has 2 aromatic rings. The van der Waals surface area contributed by atoms with Crippen LogP contribution in [-0.4, -0.2) is 69.7 Å². The Morgan fingerprint density at radius 1 is 1.03 bits per heavy atom. The van der Waals surface area contributed by atoms with Gasteiger partial charge in [0.2, 0.25) is 5.88 Å². The molecular formula is C24H32ClN5O3. The average molecular weight is 474 g/mol. The first kappa shape index (κ1) is 23.5. The Morgan fingerprint density at radius 3 is 2.27 bits per heavy atom. The van der Waals surface area contributed by atoms with E-state index in [9.17, 15) is 9.59 Å². The van der Waals surface area contributed by atoms with Gasteiger partial charge >= 0.3 is 0 Å². The van der Waals surface area contributed by atoms with Crippen molar-refractivity contribution in [2.45, 2.75) is 52.5 Å².